The van der Waals surface area contributed by atoms with Crippen LogP contribution in [0, 0.1) is 11.6 Å². The van der Waals surface area contributed by atoms with Crippen LogP contribution in [0.5, 0.6) is 0 Å². The van der Waals surface area contributed by atoms with Crippen molar-refractivity contribution in [3.63, 3.8) is 0 Å². The number of rotatable bonds is 4. The molecule has 100 valence electrons. The van der Waals surface area contributed by atoms with Crippen LogP contribution in [0.25, 0.3) is 0 Å². The van der Waals surface area contributed by atoms with Gasteiger partial charge in [-0.2, -0.15) is 0 Å². The highest BCUT2D eigenvalue weighted by molar-refractivity contribution is 7.89. The van der Waals surface area contributed by atoms with Gasteiger partial charge in [-0.25, -0.2) is 21.9 Å². The lowest BCUT2D eigenvalue weighted by atomic mass is 9.94. The maximum atomic E-state index is 13.8. The molecule has 0 unspecified atom stereocenters. The van der Waals surface area contributed by atoms with Gasteiger partial charge in [0.05, 0.1) is 12.2 Å². The third-order valence-corrected chi connectivity index (χ3v) is 4.56. The Balaban J connectivity index is 2.37. The van der Waals surface area contributed by atoms with Crippen molar-refractivity contribution < 1.29 is 22.3 Å². The molecule has 7 heteroatoms. The molecule has 0 spiro atoms. The van der Waals surface area contributed by atoms with E-state index in [1.54, 1.807) is 0 Å². The largest absolute Gasteiger partial charge is 0.391 e. The Morgan fingerprint density at radius 3 is 2.50 bits per heavy atom. The Labute approximate surface area is 104 Å². The maximum absolute atomic E-state index is 13.8. The van der Waals surface area contributed by atoms with Gasteiger partial charge in [0.15, 0.2) is 5.82 Å². The van der Waals surface area contributed by atoms with Crippen molar-refractivity contribution in [1.82, 2.24) is 4.72 Å². The van der Waals surface area contributed by atoms with Crippen LogP contribution in [0.4, 0.5) is 8.78 Å². The van der Waals surface area contributed by atoms with Gasteiger partial charge in [0.1, 0.15) is 10.7 Å². The van der Waals surface area contributed by atoms with E-state index in [2.05, 4.69) is 4.72 Å². The Hall–Kier alpha value is -1.05. The van der Waals surface area contributed by atoms with Gasteiger partial charge in [0, 0.05) is 6.04 Å². The summed E-state index contributed by atoms with van der Waals surface area (Å²) in [5, 5.41) is 8.83. The van der Waals surface area contributed by atoms with Gasteiger partial charge >= 0.3 is 0 Å². The highest BCUT2D eigenvalue weighted by Crippen LogP contribution is 2.24. The summed E-state index contributed by atoms with van der Waals surface area (Å²) in [7, 11) is -4.00. The molecule has 18 heavy (non-hydrogen) atoms. The van der Waals surface area contributed by atoms with Crippen LogP contribution < -0.4 is 4.72 Å². The zero-order valence-corrected chi connectivity index (χ0v) is 10.3. The van der Waals surface area contributed by atoms with E-state index in [1.165, 1.54) is 0 Å². The van der Waals surface area contributed by atoms with Crippen molar-refractivity contribution in [3.05, 3.63) is 29.3 Å². The molecule has 1 aliphatic carbocycles. The predicted molar refractivity (Wildman–Crippen MR) is 60.2 cm³/mol. The smallest absolute Gasteiger partial charge is 0.243 e. The average Bonchev–Trinajstić information content (AvgIpc) is 2.24. The molecule has 1 fully saturated rings. The number of halogens is 2. The fourth-order valence-corrected chi connectivity index (χ4v) is 3.15. The molecule has 0 radical (unpaired) electrons. The molecule has 1 aromatic rings. The van der Waals surface area contributed by atoms with Crippen LogP contribution in [-0.2, 0) is 16.6 Å². The van der Waals surface area contributed by atoms with E-state index < -0.39 is 38.7 Å². The van der Waals surface area contributed by atoms with E-state index in [0.29, 0.717) is 0 Å². The Morgan fingerprint density at radius 2 is 2.00 bits per heavy atom. The Bertz CT molecular complexity index is 556. The zero-order valence-electron chi connectivity index (χ0n) is 9.49. The topological polar surface area (TPSA) is 66.4 Å². The van der Waals surface area contributed by atoms with E-state index in [1.807, 2.05) is 0 Å². The first-order chi connectivity index (χ1) is 8.45. The van der Waals surface area contributed by atoms with Crippen molar-refractivity contribution in [3.8, 4) is 0 Å². The van der Waals surface area contributed by atoms with E-state index in [9.17, 15) is 17.2 Å². The standard InChI is InChI=1S/C11H13F2NO3S/c12-9-4-5-10(11(13)8(9)6-15)18(16,17)14-7-2-1-3-7/h4-5,7,14-15H,1-3,6H2. The summed E-state index contributed by atoms with van der Waals surface area (Å²) < 4.78 is 53.0. The predicted octanol–water partition coefficient (Wildman–Crippen LogP) is 1.29. The monoisotopic (exact) mass is 277 g/mol. The van der Waals surface area contributed by atoms with Crippen molar-refractivity contribution >= 4 is 10.0 Å². The van der Waals surface area contributed by atoms with Gasteiger partial charge in [-0.05, 0) is 25.0 Å². The third kappa shape index (κ3) is 2.38. The first-order valence-corrected chi connectivity index (χ1v) is 7.04. The second-order valence-corrected chi connectivity index (χ2v) is 5.93. The van der Waals surface area contributed by atoms with Crippen LogP contribution in [0.3, 0.4) is 0 Å². The molecule has 2 rings (SSSR count). The van der Waals surface area contributed by atoms with Crippen LogP contribution in [0.1, 0.15) is 24.8 Å². The first kappa shape index (κ1) is 13.4. The molecule has 1 aliphatic rings. The molecular weight excluding hydrogens is 264 g/mol. The highest BCUT2D eigenvalue weighted by atomic mass is 32.2. The van der Waals surface area contributed by atoms with Gasteiger partial charge in [-0.1, -0.05) is 6.42 Å². The fraction of sp³-hybridized carbons (Fsp3) is 0.455. The summed E-state index contributed by atoms with van der Waals surface area (Å²) in [6.07, 6.45) is 2.37. The van der Waals surface area contributed by atoms with E-state index in [4.69, 9.17) is 5.11 Å². The maximum Gasteiger partial charge on any atom is 0.243 e. The zero-order chi connectivity index (χ0) is 13.3. The first-order valence-electron chi connectivity index (χ1n) is 5.56. The summed E-state index contributed by atoms with van der Waals surface area (Å²) in [5.41, 5.74) is -0.633. The molecule has 4 nitrogen and oxygen atoms in total. The lowest BCUT2D eigenvalue weighted by molar-refractivity contribution is 0.267. The van der Waals surface area contributed by atoms with Crippen molar-refractivity contribution in [2.24, 2.45) is 0 Å². The van der Waals surface area contributed by atoms with Gasteiger partial charge in [-0.15, -0.1) is 0 Å². The minimum absolute atomic E-state index is 0.183. The van der Waals surface area contributed by atoms with E-state index in [0.717, 1.165) is 31.4 Å². The van der Waals surface area contributed by atoms with Crippen LogP contribution >= 0.6 is 0 Å². The number of hydrogen-bond donors (Lipinski definition) is 2. The Kier molecular flexibility index (Phi) is 3.65. The quantitative estimate of drug-likeness (QED) is 0.871. The molecule has 0 aliphatic heterocycles. The van der Waals surface area contributed by atoms with Crippen molar-refractivity contribution in [1.29, 1.82) is 0 Å². The average molecular weight is 277 g/mol. The van der Waals surface area contributed by atoms with E-state index in [-0.39, 0.29) is 6.04 Å². The highest BCUT2D eigenvalue weighted by Gasteiger charge is 2.28. The number of nitrogens with one attached hydrogen (secondary N) is 1. The number of aliphatic hydroxyl groups excluding tert-OH is 1. The number of sulfonamides is 1. The summed E-state index contributed by atoms with van der Waals surface area (Å²) in [4.78, 5) is -0.625. The van der Waals surface area contributed by atoms with Crippen LogP contribution in [0.2, 0.25) is 0 Å². The minimum atomic E-state index is -4.00. The fourth-order valence-electron chi connectivity index (χ4n) is 1.74. The molecule has 1 saturated carbocycles. The molecule has 0 heterocycles. The molecule has 0 bridgehead atoms. The SMILES string of the molecule is O=S(=O)(NC1CCC1)c1ccc(F)c(CO)c1F. The van der Waals surface area contributed by atoms with Crippen molar-refractivity contribution in [2.75, 3.05) is 0 Å². The molecule has 0 atom stereocenters. The van der Waals surface area contributed by atoms with Crippen LogP contribution in [0.15, 0.2) is 17.0 Å². The summed E-state index contributed by atoms with van der Waals surface area (Å²) in [6.45, 7) is -0.884. The van der Waals surface area contributed by atoms with Crippen molar-refractivity contribution in [2.45, 2.75) is 36.8 Å². The molecular formula is C11H13F2NO3S. The van der Waals surface area contributed by atoms with Gasteiger partial charge in [0.25, 0.3) is 0 Å². The van der Waals surface area contributed by atoms with Gasteiger partial charge < -0.3 is 5.11 Å². The lowest BCUT2D eigenvalue weighted by Crippen LogP contribution is -2.39. The molecule has 0 saturated heterocycles. The second-order valence-electron chi connectivity index (χ2n) is 4.25. The summed E-state index contributed by atoms with van der Waals surface area (Å²) in [6, 6.07) is 1.52. The third-order valence-electron chi connectivity index (χ3n) is 3.03. The van der Waals surface area contributed by atoms with Gasteiger partial charge in [-0.3, -0.25) is 0 Å². The second kappa shape index (κ2) is 4.91. The Morgan fingerprint density at radius 1 is 1.33 bits per heavy atom. The summed E-state index contributed by atoms with van der Waals surface area (Å²) >= 11 is 0. The number of hydrogen-bond acceptors (Lipinski definition) is 3. The lowest BCUT2D eigenvalue weighted by Gasteiger charge is -2.26. The molecule has 1 aromatic carbocycles. The molecule has 2 N–H and O–H groups in total. The number of aliphatic hydroxyl groups is 1. The summed E-state index contributed by atoms with van der Waals surface area (Å²) in [5.74, 6) is -2.19. The molecule has 0 aromatic heterocycles. The van der Waals surface area contributed by atoms with Gasteiger partial charge in [0.2, 0.25) is 10.0 Å². The normalized spacial score (nSPS) is 16.6. The van der Waals surface area contributed by atoms with Crippen LogP contribution in [-0.4, -0.2) is 19.6 Å². The minimum Gasteiger partial charge on any atom is -0.391 e. The number of benzene rings is 1. The molecule has 0 amide bonds. The van der Waals surface area contributed by atoms with E-state index >= 15 is 0 Å².